The first-order chi connectivity index (χ1) is 10.3. The Balaban J connectivity index is 1.49. The standard InChI is InChI=1S/C16H22N2O3/c1-19-14-4-11(5-15-16(14)21-10-20-15)8-18-3-2-12-6-17-7-13(12)9-18/h4-5,12-13,17H,2-3,6-10H2,1H3. The lowest BCUT2D eigenvalue weighted by atomic mass is 9.88. The fourth-order valence-electron chi connectivity index (χ4n) is 3.79. The van der Waals surface area contributed by atoms with Gasteiger partial charge < -0.3 is 19.5 Å². The maximum absolute atomic E-state index is 5.51. The summed E-state index contributed by atoms with van der Waals surface area (Å²) in [6, 6.07) is 4.16. The first-order valence-corrected chi connectivity index (χ1v) is 7.73. The summed E-state index contributed by atoms with van der Waals surface area (Å²) in [6.45, 7) is 5.99. The molecule has 0 spiro atoms. The van der Waals surface area contributed by atoms with Gasteiger partial charge in [0.15, 0.2) is 11.5 Å². The number of likely N-dealkylation sites (tertiary alicyclic amines) is 1. The van der Waals surface area contributed by atoms with Gasteiger partial charge in [-0.1, -0.05) is 0 Å². The summed E-state index contributed by atoms with van der Waals surface area (Å²) < 4.78 is 16.4. The van der Waals surface area contributed by atoms with Crippen molar-refractivity contribution in [3.05, 3.63) is 17.7 Å². The van der Waals surface area contributed by atoms with E-state index in [2.05, 4.69) is 22.3 Å². The second-order valence-corrected chi connectivity index (χ2v) is 6.23. The van der Waals surface area contributed by atoms with E-state index >= 15 is 0 Å². The first kappa shape index (κ1) is 13.2. The van der Waals surface area contributed by atoms with E-state index in [-0.39, 0.29) is 6.79 Å². The van der Waals surface area contributed by atoms with Crippen molar-refractivity contribution >= 4 is 0 Å². The van der Waals surface area contributed by atoms with Crippen molar-refractivity contribution in [1.29, 1.82) is 0 Å². The molecule has 3 aliphatic rings. The largest absolute Gasteiger partial charge is 0.493 e. The predicted molar refractivity (Wildman–Crippen MR) is 78.9 cm³/mol. The van der Waals surface area contributed by atoms with Gasteiger partial charge in [0, 0.05) is 13.1 Å². The maximum atomic E-state index is 5.51. The van der Waals surface area contributed by atoms with E-state index < -0.39 is 0 Å². The average molecular weight is 290 g/mol. The van der Waals surface area contributed by atoms with Crippen LogP contribution in [0.25, 0.3) is 0 Å². The van der Waals surface area contributed by atoms with Crippen LogP contribution in [0.4, 0.5) is 0 Å². The molecule has 0 bridgehead atoms. The molecule has 5 nitrogen and oxygen atoms in total. The number of methoxy groups -OCH3 is 1. The minimum Gasteiger partial charge on any atom is -0.493 e. The van der Waals surface area contributed by atoms with Gasteiger partial charge in [0.25, 0.3) is 0 Å². The Kier molecular flexibility index (Phi) is 3.39. The molecule has 3 heterocycles. The second-order valence-electron chi connectivity index (χ2n) is 6.23. The smallest absolute Gasteiger partial charge is 0.231 e. The van der Waals surface area contributed by atoms with Crippen LogP contribution in [0.3, 0.4) is 0 Å². The molecule has 1 aromatic carbocycles. The van der Waals surface area contributed by atoms with Crippen molar-refractivity contribution in [3.63, 3.8) is 0 Å². The highest BCUT2D eigenvalue weighted by Crippen LogP contribution is 2.42. The average Bonchev–Trinajstić information content (AvgIpc) is 3.14. The van der Waals surface area contributed by atoms with E-state index in [1.807, 2.05) is 0 Å². The Labute approximate surface area is 125 Å². The van der Waals surface area contributed by atoms with Gasteiger partial charge in [0.1, 0.15) is 0 Å². The van der Waals surface area contributed by atoms with E-state index in [9.17, 15) is 0 Å². The van der Waals surface area contributed by atoms with Gasteiger partial charge in [-0.05, 0) is 55.6 Å². The van der Waals surface area contributed by atoms with Crippen molar-refractivity contribution in [2.75, 3.05) is 40.1 Å². The van der Waals surface area contributed by atoms with E-state index in [1.54, 1.807) is 7.11 Å². The zero-order valence-electron chi connectivity index (χ0n) is 12.4. The molecule has 2 fully saturated rings. The van der Waals surface area contributed by atoms with Crippen LogP contribution in [0.1, 0.15) is 12.0 Å². The van der Waals surface area contributed by atoms with Gasteiger partial charge in [0.2, 0.25) is 12.5 Å². The van der Waals surface area contributed by atoms with Gasteiger partial charge in [-0.25, -0.2) is 0 Å². The molecule has 21 heavy (non-hydrogen) atoms. The molecule has 0 aliphatic carbocycles. The Hall–Kier alpha value is -1.46. The summed E-state index contributed by atoms with van der Waals surface area (Å²) in [5, 5.41) is 3.52. The van der Waals surface area contributed by atoms with Crippen LogP contribution in [0.5, 0.6) is 17.2 Å². The second kappa shape index (κ2) is 5.39. The van der Waals surface area contributed by atoms with Crippen LogP contribution in [0.15, 0.2) is 12.1 Å². The third-order valence-electron chi connectivity index (χ3n) is 4.91. The maximum Gasteiger partial charge on any atom is 0.231 e. The quantitative estimate of drug-likeness (QED) is 0.913. The molecule has 1 N–H and O–H groups in total. The van der Waals surface area contributed by atoms with Crippen molar-refractivity contribution in [2.24, 2.45) is 11.8 Å². The molecule has 0 aromatic heterocycles. The number of nitrogens with one attached hydrogen (secondary N) is 1. The highest BCUT2D eigenvalue weighted by atomic mass is 16.7. The summed E-state index contributed by atoms with van der Waals surface area (Å²) in [5.74, 6) is 4.02. The molecule has 2 atom stereocenters. The summed E-state index contributed by atoms with van der Waals surface area (Å²) >= 11 is 0. The minimum absolute atomic E-state index is 0.286. The summed E-state index contributed by atoms with van der Waals surface area (Å²) in [6.07, 6.45) is 1.30. The highest BCUT2D eigenvalue weighted by Gasteiger charge is 2.32. The molecule has 114 valence electrons. The number of nitrogens with zero attached hydrogens (tertiary/aromatic N) is 1. The van der Waals surface area contributed by atoms with E-state index in [1.165, 1.54) is 38.2 Å². The van der Waals surface area contributed by atoms with Crippen molar-refractivity contribution < 1.29 is 14.2 Å². The lowest BCUT2D eigenvalue weighted by molar-refractivity contribution is 0.142. The van der Waals surface area contributed by atoms with Gasteiger partial charge >= 0.3 is 0 Å². The number of hydrogen-bond acceptors (Lipinski definition) is 5. The molecule has 0 saturated carbocycles. The third-order valence-corrected chi connectivity index (χ3v) is 4.91. The van der Waals surface area contributed by atoms with Gasteiger partial charge in [-0.2, -0.15) is 0 Å². The van der Waals surface area contributed by atoms with Crippen LogP contribution in [-0.4, -0.2) is 45.0 Å². The molecule has 5 heteroatoms. The van der Waals surface area contributed by atoms with Crippen LogP contribution in [0.2, 0.25) is 0 Å². The molecule has 0 amide bonds. The van der Waals surface area contributed by atoms with Crippen molar-refractivity contribution in [1.82, 2.24) is 10.2 Å². The van der Waals surface area contributed by atoms with Crippen molar-refractivity contribution in [3.8, 4) is 17.2 Å². The lowest BCUT2D eigenvalue weighted by Crippen LogP contribution is -2.39. The summed E-state index contributed by atoms with van der Waals surface area (Å²) in [5.41, 5.74) is 1.24. The minimum atomic E-state index is 0.286. The SMILES string of the molecule is COc1cc(CN2CCC3CNCC3C2)cc2c1OCO2. The van der Waals surface area contributed by atoms with E-state index in [0.29, 0.717) is 0 Å². The van der Waals surface area contributed by atoms with Gasteiger partial charge in [-0.15, -0.1) is 0 Å². The number of rotatable bonds is 3. The van der Waals surface area contributed by atoms with E-state index in [0.717, 1.165) is 35.6 Å². The Bertz CT molecular complexity index is 534. The zero-order chi connectivity index (χ0) is 14.2. The van der Waals surface area contributed by atoms with Gasteiger partial charge in [-0.3, -0.25) is 4.90 Å². The first-order valence-electron chi connectivity index (χ1n) is 7.73. The molecular formula is C16H22N2O3. The molecule has 3 aliphatic heterocycles. The number of benzene rings is 1. The van der Waals surface area contributed by atoms with Crippen LogP contribution in [0, 0.1) is 11.8 Å². The zero-order valence-corrected chi connectivity index (χ0v) is 12.4. The molecule has 4 rings (SSSR count). The molecule has 1 aromatic rings. The van der Waals surface area contributed by atoms with E-state index in [4.69, 9.17) is 14.2 Å². The van der Waals surface area contributed by atoms with Crippen LogP contribution < -0.4 is 19.5 Å². The number of piperidine rings is 1. The highest BCUT2D eigenvalue weighted by molar-refractivity contribution is 5.55. The van der Waals surface area contributed by atoms with Crippen molar-refractivity contribution in [2.45, 2.75) is 13.0 Å². The number of fused-ring (bicyclic) bond motifs is 2. The molecule has 2 saturated heterocycles. The summed E-state index contributed by atoms with van der Waals surface area (Å²) in [7, 11) is 1.68. The van der Waals surface area contributed by atoms with Gasteiger partial charge in [0.05, 0.1) is 7.11 Å². The normalized spacial score (nSPS) is 27.7. The summed E-state index contributed by atoms with van der Waals surface area (Å²) in [4.78, 5) is 2.55. The fourth-order valence-corrected chi connectivity index (χ4v) is 3.79. The monoisotopic (exact) mass is 290 g/mol. The lowest BCUT2D eigenvalue weighted by Gasteiger charge is -2.34. The fraction of sp³-hybridized carbons (Fsp3) is 0.625. The van der Waals surface area contributed by atoms with Crippen LogP contribution in [-0.2, 0) is 6.54 Å². The van der Waals surface area contributed by atoms with Crippen LogP contribution >= 0.6 is 0 Å². The molecule has 2 unspecified atom stereocenters. The number of hydrogen-bond donors (Lipinski definition) is 1. The predicted octanol–water partition coefficient (Wildman–Crippen LogP) is 1.47. The Morgan fingerprint density at radius 1 is 1.29 bits per heavy atom. The third kappa shape index (κ3) is 2.45. The molecular weight excluding hydrogens is 268 g/mol. The number of ether oxygens (including phenoxy) is 3. The topological polar surface area (TPSA) is 43.0 Å². The Morgan fingerprint density at radius 2 is 2.19 bits per heavy atom. The Morgan fingerprint density at radius 3 is 3.10 bits per heavy atom. The molecule has 0 radical (unpaired) electrons.